The molecule has 2 atom stereocenters. The second-order valence-corrected chi connectivity index (χ2v) is 8.37. The number of halogens is 1. The molecular formula is C24H24FN5O. The number of nitrogens with one attached hydrogen (secondary N) is 1. The van der Waals surface area contributed by atoms with E-state index in [4.69, 9.17) is 5.10 Å². The number of hydrazone groups is 1. The third-order valence-electron chi connectivity index (χ3n) is 6.23. The lowest BCUT2D eigenvalue weighted by Gasteiger charge is -2.30. The van der Waals surface area contributed by atoms with E-state index in [1.807, 2.05) is 22.3 Å². The highest BCUT2D eigenvalue weighted by molar-refractivity contribution is 5.95. The summed E-state index contributed by atoms with van der Waals surface area (Å²) in [6, 6.07) is 12.5. The van der Waals surface area contributed by atoms with E-state index >= 15 is 0 Å². The second-order valence-electron chi connectivity index (χ2n) is 8.37. The molecule has 0 spiro atoms. The molecule has 5 rings (SSSR count). The van der Waals surface area contributed by atoms with Gasteiger partial charge in [0.2, 0.25) is 0 Å². The SMILES string of the molecule is Cc1ccc(-c2cn[nH]c2)cc1/C=N\N1C[C@@H]2C[C@@H](C1)N(C(=O)c1ccccc1F)C2. The van der Waals surface area contributed by atoms with Crippen LogP contribution in [0.15, 0.2) is 60.0 Å². The predicted molar refractivity (Wildman–Crippen MR) is 117 cm³/mol. The van der Waals surface area contributed by atoms with Gasteiger partial charge in [-0.25, -0.2) is 4.39 Å². The number of likely N-dealkylation sites (tertiary alicyclic amines) is 1. The van der Waals surface area contributed by atoms with Gasteiger partial charge in [-0.1, -0.05) is 24.3 Å². The van der Waals surface area contributed by atoms with Crippen LogP contribution in [0.3, 0.4) is 0 Å². The molecule has 0 radical (unpaired) electrons. The Hall–Kier alpha value is -3.48. The van der Waals surface area contributed by atoms with Crippen molar-refractivity contribution < 1.29 is 9.18 Å². The Bertz CT molecular complexity index is 1130. The highest BCUT2D eigenvalue weighted by Crippen LogP contribution is 2.31. The maximum absolute atomic E-state index is 14.1. The van der Waals surface area contributed by atoms with E-state index in [9.17, 15) is 9.18 Å². The van der Waals surface area contributed by atoms with Crippen LogP contribution in [0, 0.1) is 18.7 Å². The van der Waals surface area contributed by atoms with Gasteiger partial charge in [-0.15, -0.1) is 0 Å². The van der Waals surface area contributed by atoms with Gasteiger partial charge in [0, 0.05) is 24.8 Å². The summed E-state index contributed by atoms with van der Waals surface area (Å²) in [5.41, 5.74) is 4.47. The number of amides is 1. The molecule has 0 unspecified atom stereocenters. The zero-order valence-corrected chi connectivity index (χ0v) is 17.3. The number of hydrogen-bond acceptors (Lipinski definition) is 4. The Morgan fingerprint density at radius 1 is 1.19 bits per heavy atom. The molecule has 0 aliphatic carbocycles. The molecule has 31 heavy (non-hydrogen) atoms. The van der Waals surface area contributed by atoms with Crippen LogP contribution >= 0.6 is 0 Å². The van der Waals surface area contributed by atoms with Crippen molar-refractivity contribution in [2.45, 2.75) is 19.4 Å². The Balaban J connectivity index is 1.31. The van der Waals surface area contributed by atoms with Crippen LogP contribution in [-0.2, 0) is 0 Å². The summed E-state index contributed by atoms with van der Waals surface area (Å²) in [4.78, 5) is 14.7. The number of aryl methyl sites for hydroxylation is 1. The maximum atomic E-state index is 14.1. The normalized spacial score (nSPS) is 20.6. The molecule has 3 heterocycles. The van der Waals surface area contributed by atoms with E-state index < -0.39 is 5.82 Å². The monoisotopic (exact) mass is 417 g/mol. The molecule has 2 aliphatic rings. The van der Waals surface area contributed by atoms with Crippen LogP contribution in [0.2, 0.25) is 0 Å². The van der Waals surface area contributed by atoms with Gasteiger partial charge < -0.3 is 4.90 Å². The molecule has 2 saturated heterocycles. The fraction of sp³-hybridized carbons (Fsp3) is 0.292. The average molecular weight is 417 g/mol. The number of aromatic amines is 1. The summed E-state index contributed by atoms with van der Waals surface area (Å²) in [5.74, 6) is -0.332. The van der Waals surface area contributed by atoms with Crippen LogP contribution in [0.5, 0.6) is 0 Å². The summed E-state index contributed by atoms with van der Waals surface area (Å²) in [6.07, 6.45) is 6.51. The van der Waals surface area contributed by atoms with E-state index in [0.717, 1.165) is 35.2 Å². The van der Waals surface area contributed by atoms with Crippen molar-refractivity contribution in [3.8, 4) is 11.1 Å². The first-order valence-corrected chi connectivity index (χ1v) is 10.5. The van der Waals surface area contributed by atoms with Crippen LogP contribution in [0.1, 0.15) is 27.9 Å². The topological polar surface area (TPSA) is 64.6 Å². The number of carbonyl (C=O) groups excluding carboxylic acids is 1. The van der Waals surface area contributed by atoms with Gasteiger partial charge >= 0.3 is 0 Å². The number of rotatable bonds is 4. The molecule has 2 aliphatic heterocycles. The quantitative estimate of drug-likeness (QED) is 0.659. The van der Waals surface area contributed by atoms with Crippen molar-refractivity contribution >= 4 is 12.1 Å². The van der Waals surface area contributed by atoms with Crippen molar-refractivity contribution in [2.24, 2.45) is 11.0 Å². The van der Waals surface area contributed by atoms with E-state index in [-0.39, 0.29) is 17.5 Å². The predicted octanol–water partition coefficient (Wildman–Crippen LogP) is 3.70. The number of H-pyrrole nitrogens is 1. The van der Waals surface area contributed by atoms with Crippen molar-refractivity contribution in [3.63, 3.8) is 0 Å². The average Bonchev–Trinajstić information content (AvgIpc) is 3.41. The van der Waals surface area contributed by atoms with E-state index in [1.165, 1.54) is 6.07 Å². The minimum absolute atomic E-state index is 0.0568. The fourth-order valence-corrected chi connectivity index (χ4v) is 4.58. The minimum Gasteiger partial charge on any atom is -0.333 e. The summed E-state index contributed by atoms with van der Waals surface area (Å²) >= 11 is 0. The lowest BCUT2D eigenvalue weighted by Crippen LogP contribution is -2.42. The molecule has 0 saturated carbocycles. The molecule has 7 heteroatoms. The summed E-state index contributed by atoms with van der Waals surface area (Å²) in [5, 5.41) is 13.6. The molecule has 1 N–H and O–H groups in total. The van der Waals surface area contributed by atoms with Crippen molar-refractivity contribution in [1.82, 2.24) is 20.1 Å². The number of carbonyl (C=O) groups is 1. The number of hydrogen-bond donors (Lipinski definition) is 1. The second kappa shape index (κ2) is 7.98. The highest BCUT2D eigenvalue weighted by Gasteiger charge is 2.41. The molecule has 2 aromatic carbocycles. The summed E-state index contributed by atoms with van der Waals surface area (Å²) < 4.78 is 14.1. The molecule has 1 aromatic heterocycles. The van der Waals surface area contributed by atoms with Gasteiger partial charge in [0.05, 0.1) is 30.6 Å². The fourth-order valence-electron chi connectivity index (χ4n) is 4.58. The van der Waals surface area contributed by atoms with E-state index in [2.05, 4.69) is 35.3 Å². The third kappa shape index (κ3) is 3.83. The molecule has 6 nitrogen and oxygen atoms in total. The first kappa shape index (κ1) is 19.5. The highest BCUT2D eigenvalue weighted by atomic mass is 19.1. The smallest absolute Gasteiger partial charge is 0.257 e. The number of nitrogens with zero attached hydrogens (tertiary/aromatic N) is 4. The van der Waals surface area contributed by atoms with Gasteiger partial charge in [-0.2, -0.15) is 10.2 Å². The first-order valence-electron chi connectivity index (χ1n) is 10.5. The van der Waals surface area contributed by atoms with E-state index in [0.29, 0.717) is 19.0 Å². The standard InChI is InChI=1S/C24H24FN5O/c1-16-6-7-18(20-10-26-27-11-20)9-19(16)12-28-29-13-17-8-21(15-29)30(14-17)24(31)22-4-2-3-5-23(22)25/h2-7,9-12,17,21H,8,13-15H2,1H3,(H,26,27)/b28-12-/t17-,21-/m0/s1. The van der Waals surface area contributed by atoms with Crippen LogP contribution < -0.4 is 0 Å². The number of aromatic nitrogens is 2. The molecular weight excluding hydrogens is 393 g/mol. The Morgan fingerprint density at radius 2 is 2.06 bits per heavy atom. The Labute approximate surface area is 180 Å². The maximum Gasteiger partial charge on any atom is 0.257 e. The Morgan fingerprint density at radius 3 is 2.87 bits per heavy atom. The molecule has 2 bridgehead atoms. The van der Waals surface area contributed by atoms with E-state index in [1.54, 1.807) is 24.4 Å². The zero-order valence-electron chi connectivity index (χ0n) is 17.3. The molecule has 3 aromatic rings. The largest absolute Gasteiger partial charge is 0.333 e. The summed E-state index contributed by atoms with van der Waals surface area (Å²) in [6.45, 7) is 4.18. The first-order chi connectivity index (χ1) is 15.1. The number of benzene rings is 2. The number of fused-ring (bicyclic) bond motifs is 2. The van der Waals surface area contributed by atoms with Gasteiger partial charge in [-0.3, -0.25) is 14.9 Å². The number of piperidine rings is 1. The Kier molecular flexibility index (Phi) is 5.02. The van der Waals surface area contributed by atoms with Gasteiger partial charge in [0.15, 0.2) is 0 Å². The van der Waals surface area contributed by atoms with Gasteiger partial charge in [0.25, 0.3) is 5.91 Å². The zero-order chi connectivity index (χ0) is 21.4. The van der Waals surface area contributed by atoms with Gasteiger partial charge in [-0.05, 0) is 54.2 Å². The summed E-state index contributed by atoms with van der Waals surface area (Å²) in [7, 11) is 0. The third-order valence-corrected chi connectivity index (χ3v) is 6.23. The van der Waals surface area contributed by atoms with Crippen LogP contribution in [-0.4, -0.2) is 57.9 Å². The van der Waals surface area contributed by atoms with Crippen LogP contribution in [0.25, 0.3) is 11.1 Å². The molecule has 2 fully saturated rings. The van der Waals surface area contributed by atoms with Gasteiger partial charge in [0.1, 0.15) is 5.82 Å². The van der Waals surface area contributed by atoms with Crippen molar-refractivity contribution in [3.05, 3.63) is 77.4 Å². The molecule has 158 valence electrons. The molecule has 1 amide bonds. The lowest BCUT2D eigenvalue weighted by molar-refractivity contribution is 0.0711. The minimum atomic E-state index is -0.461. The van der Waals surface area contributed by atoms with Crippen LogP contribution in [0.4, 0.5) is 4.39 Å². The van der Waals surface area contributed by atoms with Crippen molar-refractivity contribution in [1.29, 1.82) is 0 Å². The van der Waals surface area contributed by atoms with Crippen molar-refractivity contribution in [2.75, 3.05) is 19.6 Å². The lowest BCUT2D eigenvalue weighted by atomic mass is 10.0.